The fourth-order valence-corrected chi connectivity index (χ4v) is 3.79. The molecule has 2 aliphatic rings. The molecule has 3 rings (SSSR count). The molecular formula is C20H28N2O2. The van der Waals surface area contributed by atoms with E-state index in [0.717, 1.165) is 44.5 Å². The van der Waals surface area contributed by atoms with Crippen LogP contribution >= 0.6 is 0 Å². The van der Waals surface area contributed by atoms with Crippen LogP contribution < -0.4 is 10.6 Å². The minimum Gasteiger partial charge on any atom is -0.356 e. The number of Topliss-reactive ketones (excluding diaryl/α,β-unsaturated/α-hetero) is 1. The molecule has 1 atom stereocenters. The van der Waals surface area contributed by atoms with Crippen LogP contribution in [-0.4, -0.2) is 31.3 Å². The van der Waals surface area contributed by atoms with E-state index < -0.39 is 0 Å². The molecule has 0 bridgehead atoms. The van der Waals surface area contributed by atoms with Gasteiger partial charge in [-0.1, -0.05) is 12.1 Å². The molecule has 1 amide bonds. The number of carbonyl (C=O) groups excluding carboxylic acids is 2. The fraction of sp³-hybridized carbons (Fsp3) is 0.600. The standard InChI is InChI=1S/C20H28N2O2/c23-19(18-7-6-16-4-1-5-17(16)13-18)8-9-20(24)22-12-10-15-3-2-11-21-14-15/h6-7,13,15,21H,1-5,8-12,14H2,(H,22,24). The second-order valence-corrected chi connectivity index (χ2v) is 7.11. The highest BCUT2D eigenvalue weighted by atomic mass is 16.2. The first-order valence-electron chi connectivity index (χ1n) is 9.35. The Bertz CT molecular complexity index is 591. The molecule has 24 heavy (non-hydrogen) atoms. The van der Waals surface area contributed by atoms with Crippen molar-refractivity contribution in [2.24, 2.45) is 5.92 Å². The molecular weight excluding hydrogens is 300 g/mol. The van der Waals surface area contributed by atoms with Gasteiger partial charge in [0.15, 0.2) is 5.78 Å². The molecule has 0 aromatic heterocycles. The summed E-state index contributed by atoms with van der Waals surface area (Å²) in [6.45, 7) is 2.90. The Morgan fingerprint density at radius 2 is 2.00 bits per heavy atom. The first kappa shape index (κ1) is 17.2. The summed E-state index contributed by atoms with van der Waals surface area (Å²) in [6.07, 6.45) is 7.49. The van der Waals surface area contributed by atoms with Crippen molar-refractivity contribution in [3.8, 4) is 0 Å². The summed E-state index contributed by atoms with van der Waals surface area (Å²) in [7, 11) is 0. The van der Waals surface area contributed by atoms with Crippen LogP contribution in [0.2, 0.25) is 0 Å². The Morgan fingerprint density at radius 3 is 2.83 bits per heavy atom. The van der Waals surface area contributed by atoms with E-state index >= 15 is 0 Å². The second-order valence-electron chi connectivity index (χ2n) is 7.11. The summed E-state index contributed by atoms with van der Waals surface area (Å²) in [4.78, 5) is 24.2. The summed E-state index contributed by atoms with van der Waals surface area (Å²) in [5.41, 5.74) is 3.45. The predicted molar refractivity (Wildman–Crippen MR) is 95.3 cm³/mol. The lowest BCUT2D eigenvalue weighted by Gasteiger charge is -2.22. The van der Waals surface area contributed by atoms with E-state index in [0.29, 0.717) is 18.8 Å². The molecule has 0 saturated carbocycles. The minimum absolute atomic E-state index is 0.00622. The highest BCUT2D eigenvalue weighted by Crippen LogP contribution is 2.23. The van der Waals surface area contributed by atoms with Gasteiger partial charge in [-0.25, -0.2) is 0 Å². The third-order valence-electron chi connectivity index (χ3n) is 5.27. The molecule has 4 nitrogen and oxygen atoms in total. The summed E-state index contributed by atoms with van der Waals surface area (Å²) in [5, 5.41) is 6.35. The van der Waals surface area contributed by atoms with Gasteiger partial charge >= 0.3 is 0 Å². The number of piperidine rings is 1. The van der Waals surface area contributed by atoms with Crippen LogP contribution in [0.4, 0.5) is 0 Å². The van der Waals surface area contributed by atoms with Crippen LogP contribution in [0.15, 0.2) is 18.2 Å². The van der Waals surface area contributed by atoms with Gasteiger partial charge in [0.05, 0.1) is 0 Å². The SMILES string of the molecule is O=C(CCC(=O)c1ccc2c(c1)CCC2)NCCC1CCCNC1. The average molecular weight is 328 g/mol. The molecule has 1 aromatic carbocycles. The number of amides is 1. The summed E-state index contributed by atoms with van der Waals surface area (Å²) in [6, 6.07) is 6.02. The lowest BCUT2D eigenvalue weighted by Crippen LogP contribution is -2.33. The van der Waals surface area contributed by atoms with Crippen LogP contribution in [0.25, 0.3) is 0 Å². The van der Waals surface area contributed by atoms with Crippen LogP contribution in [0.5, 0.6) is 0 Å². The van der Waals surface area contributed by atoms with Gasteiger partial charge in [0.2, 0.25) is 5.91 Å². The van der Waals surface area contributed by atoms with E-state index in [1.165, 1.54) is 30.4 Å². The molecule has 1 fully saturated rings. The molecule has 130 valence electrons. The second kappa shape index (κ2) is 8.43. The number of ketones is 1. The normalized spacial score (nSPS) is 19.8. The van der Waals surface area contributed by atoms with Crippen LogP contribution in [0.1, 0.15) is 60.0 Å². The van der Waals surface area contributed by atoms with E-state index in [2.05, 4.69) is 16.7 Å². The average Bonchev–Trinajstić information content (AvgIpc) is 3.08. The van der Waals surface area contributed by atoms with E-state index in [4.69, 9.17) is 0 Å². The van der Waals surface area contributed by atoms with Crippen LogP contribution in [0.3, 0.4) is 0 Å². The Kier molecular flexibility index (Phi) is 6.02. The zero-order chi connectivity index (χ0) is 16.8. The summed E-state index contributed by atoms with van der Waals surface area (Å²) < 4.78 is 0. The van der Waals surface area contributed by atoms with E-state index in [1.807, 2.05) is 12.1 Å². The first-order chi connectivity index (χ1) is 11.7. The maximum atomic E-state index is 12.3. The number of hydrogen-bond acceptors (Lipinski definition) is 3. The molecule has 4 heteroatoms. The summed E-state index contributed by atoms with van der Waals surface area (Å²) >= 11 is 0. The van der Waals surface area contributed by atoms with Gasteiger partial charge in [0.25, 0.3) is 0 Å². The van der Waals surface area contributed by atoms with E-state index in [9.17, 15) is 9.59 Å². The lowest BCUT2D eigenvalue weighted by atomic mass is 9.96. The van der Waals surface area contributed by atoms with Crippen molar-refractivity contribution in [1.82, 2.24) is 10.6 Å². The van der Waals surface area contributed by atoms with Crippen molar-refractivity contribution in [2.75, 3.05) is 19.6 Å². The largest absolute Gasteiger partial charge is 0.356 e. The van der Waals surface area contributed by atoms with Gasteiger partial charge in [-0.3, -0.25) is 9.59 Å². The maximum Gasteiger partial charge on any atom is 0.220 e. The van der Waals surface area contributed by atoms with Crippen molar-refractivity contribution in [3.05, 3.63) is 34.9 Å². The van der Waals surface area contributed by atoms with E-state index in [1.54, 1.807) is 0 Å². The molecule has 1 saturated heterocycles. The Hall–Kier alpha value is -1.68. The van der Waals surface area contributed by atoms with Crippen molar-refractivity contribution in [1.29, 1.82) is 0 Å². The monoisotopic (exact) mass is 328 g/mol. The molecule has 1 unspecified atom stereocenters. The molecule has 0 spiro atoms. The van der Waals surface area contributed by atoms with Crippen molar-refractivity contribution in [2.45, 2.75) is 51.4 Å². The number of carbonyl (C=O) groups is 2. The Labute approximate surface area is 144 Å². The van der Waals surface area contributed by atoms with Crippen LogP contribution in [-0.2, 0) is 17.6 Å². The molecule has 2 N–H and O–H groups in total. The number of fused-ring (bicyclic) bond motifs is 1. The Balaban J connectivity index is 1.37. The Morgan fingerprint density at radius 1 is 1.12 bits per heavy atom. The van der Waals surface area contributed by atoms with Crippen molar-refractivity contribution >= 4 is 11.7 Å². The topological polar surface area (TPSA) is 58.2 Å². The molecule has 1 heterocycles. The highest BCUT2D eigenvalue weighted by molar-refractivity contribution is 5.98. The third-order valence-corrected chi connectivity index (χ3v) is 5.27. The number of nitrogens with one attached hydrogen (secondary N) is 2. The number of benzene rings is 1. The molecule has 1 aliphatic carbocycles. The number of rotatable bonds is 7. The van der Waals surface area contributed by atoms with E-state index in [-0.39, 0.29) is 11.7 Å². The van der Waals surface area contributed by atoms with Gasteiger partial charge in [-0.2, -0.15) is 0 Å². The first-order valence-corrected chi connectivity index (χ1v) is 9.35. The van der Waals surface area contributed by atoms with Crippen LogP contribution in [0, 0.1) is 5.92 Å². The van der Waals surface area contributed by atoms with Gasteiger partial charge < -0.3 is 10.6 Å². The zero-order valence-electron chi connectivity index (χ0n) is 14.4. The quantitative estimate of drug-likeness (QED) is 0.757. The summed E-state index contributed by atoms with van der Waals surface area (Å²) in [5.74, 6) is 0.747. The predicted octanol–water partition coefficient (Wildman–Crippen LogP) is 2.64. The minimum atomic E-state index is -0.00622. The van der Waals surface area contributed by atoms with Gasteiger partial charge in [0, 0.05) is 24.9 Å². The lowest BCUT2D eigenvalue weighted by molar-refractivity contribution is -0.121. The molecule has 1 aromatic rings. The highest BCUT2D eigenvalue weighted by Gasteiger charge is 2.16. The van der Waals surface area contributed by atoms with Crippen molar-refractivity contribution < 1.29 is 9.59 Å². The smallest absolute Gasteiger partial charge is 0.220 e. The molecule has 1 aliphatic heterocycles. The van der Waals surface area contributed by atoms with Gasteiger partial charge in [-0.15, -0.1) is 0 Å². The number of hydrogen-bond donors (Lipinski definition) is 2. The zero-order valence-corrected chi connectivity index (χ0v) is 14.4. The molecule has 0 radical (unpaired) electrons. The fourth-order valence-electron chi connectivity index (χ4n) is 3.79. The van der Waals surface area contributed by atoms with Gasteiger partial charge in [0.1, 0.15) is 0 Å². The van der Waals surface area contributed by atoms with Crippen molar-refractivity contribution in [3.63, 3.8) is 0 Å². The third kappa shape index (κ3) is 4.67. The number of aryl methyl sites for hydroxylation is 2. The van der Waals surface area contributed by atoms with Gasteiger partial charge in [-0.05, 0) is 74.7 Å². The maximum absolute atomic E-state index is 12.3.